The Labute approximate surface area is 90.7 Å². The Bertz CT molecular complexity index is 158. The van der Waals surface area contributed by atoms with Crippen LogP contribution >= 0.6 is 0 Å². The summed E-state index contributed by atoms with van der Waals surface area (Å²) in [5.41, 5.74) is 0. The van der Waals surface area contributed by atoms with Gasteiger partial charge in [0.05, 0.1) is 12.7 Å². The summed E-state index contributed by atoms with van der Waals surface area (Å²) in [6.45, 7) is 3.08. The molecule has 1 heterocycles. The lowest BCUT2D eigenvalue weighted by Crippen LogP contribution is -2.27. The summed E-state index contributed by atoms with van der Waals surface area (Å²) in [5.74, 6) is 0. The number of aliphatic hydroxyl groups excluding tert-OH is 1. The van der Waals surface area contributed by atoms with Gasteiger partial charge in [0.25, 0.3) is 0 Å². The molecule has 0 saturated carbocycles. The van der Waals surface area contributed by atoms with Gasteiger partial charge in [-0.15, -0.1) is 0 Å². The summed E-state index contributed by atoms with van der Waals surface area (Å²) < 4.78 is 0. The van der Waals surface area contributed by atoms with Crippen molar-refractivity contribution in [3.8, 4) is 0 Å². The van der Waals surface area contributed by atoms with Crippen LogP contribution in [0.3, 0.4) is 0 Å². The molecule has 0 bridgehead atoms. The first kappa shape index (κ1) is 12.9. The molecule has 0 aromatic heterocycles. The number of β-amino-alcohol motifs (C(OH)–C–C–N with tert-alkyl or cyclic N) is 1. The maximum Gasteiger partial charge on any atom is 0.0820 e. The van der Waals surface area contributed by atoms with Crippen LogP contribution in [0.25, 0.3) is 0 Å². The van der Waals surface area contributed by atoms with Gasteiger partial charge < -0.3 is 15.7 Å². The van der Waals surface area contributed by atoms with E-state index in [0.717, 1.165) is 45.3 Å². The van der Waals surface area contributed by atoms with Gasteiger partial charge in [-0.05, 0) is 38.8 Å². The molecule has 5 heteroatoms. The number of hydrogen-bond donors (Lipinski definition) is 4. The fraction of sp³-hybridized carbons (Fsp3) is 1.00. The van der Waals surface area contributed by atoms with Crippen LogP contribution < -0.4 is 10.6 Å². The quantitative estimate of drug-likeness (QED) is 0.261. The summed E-state index contributed by atoms with van der Waals surface area (Å²) in [5, 5.41) is 24.0. The van der Waals surface area contributed by atoms with Gasteiger partial charge >= 0.3 is 0 Å². The maximum absolute atomic E-state index is 9.28. The van der Waals surface area contributed by atoms with Crippen LogP contribution in [-0.4, -0.2) is 48.8 Å². The smallest absolute Gasteiger partial charge is 0.0820 e. The molecule has 90 valence electrons. The molecule has 1 rings (SSSR count). The Balaban J connectivity index is 1.81. The summed E-state index contributed by atoms with van der Waals surface area (Å²) in [6, 6.07) is 0.466. The van der Waals surface area contributed by atoms with Crippen molar-refractivity contribution in [1.29, 1.82) is 0 Å². The molecule has 0 aromatic rings. The van der Waals surface area contributed by atoms with Crippen molar-refractivity contribution < 1.29 is 15.3 Å². The van der Waals surface area contributed by atoms with E-state index in [9.17, 15) is 5.11 Å². The third-order valence-corrected chi connectivity index (χ3v) is 2.71. The predicted molar refractivity (Wildman–Crippen MR) is 57.7 cm³/mol. The molecule has 0 spiro atoms. The molecule has 1 fully saturated rings. The normalized spacial score (nSPS) is 26.0. The molecule has 4 N–H and O–H groups in total. The standard InChI is InChI=1S/C10H22N2O3/c13-10-7-9(12-8-10)3-5-11-4-1-2-6-15-14/h9-14H,1-8H2. The second-order valence-electron chi connectivity index (χ2n) is 4.07. The van der Waals surface area contributed by atoms with Crippen LogP contribution in [0.15, 0.2) is 0 Å². The van der Waals surface area contributed by atoms with E-state index in [1.54, 1.807) is 0 Å². The van der Waals surface area contributed by atoms with Gasteiger partial charge in [0.1, 0.15) is 0 Å². The second-order valence-corrected chi connectivity index (χ2v) is 4.07. The number of nitrogens with one attached hydrogen (secondary N) is 2. The minimum absolute atomic E-state index is 0.156. The second kappa shape index (κ2) is 8.01. The molecule has 2 atom stereocenters. The lowest BCUT2D eigenvalue weighted by Gasteiger charge is -2.10. The fourth-order valence-electron chi connectivity index (χ4n) is 1.84. The highest BCUT2D eigenvalue weighted by Crippen LogP contribution is 2.08. The first-order valence-electron chi connectivity index (χ1n) is 5.71. The van der Waals surface area contributed by atoms with Crippen molar-refractivity contribution in [2.75, 3.05) is 26.2 Å². The lowest BCUT2D eigenvalue weighted by molar-refractivity contribution is -0.242. The summed E-state index contributed by atoms with van der Waals surface area (Å²) in [6.07, 6.45) is 3.68. The van der Waals surface area contributed by atoms with Gasteiger partial charge in [-0.25, -0.2) is 4.89 Å². The highest BCUT2D eigenvalue weighted by molar-refractivity contribution is 4.81. The van der Waals surface area contributed by atoms with Crippen molar-refractivity contribution >= 4 is 0 Å². The van der Waals surface area contributed by atoms with Gasteiger partial charge in [-0.2, -0.15) is 0 Å². The topological polar surface area (TPSA) is 73.8 Å². The third kappa shape index (κ3) is 6.06. The Morgan fingerprint density at radius 1 is 1.33 bits per heavy atom. The van der Waals surface area contributed by atoms with Gasteiger partial charge in [-0.3, -0.25) is 5.26 Å². The van der Waals surface area contributed by atoms with Crippen LogP contribution in [0.4, 0.5) is 0 Å². The molecule has 0 aromatic carbocycles. The highest BCUT2D eigenvalue weighted by Gasteiger charge is 2.20. The van der Waals surface area contributed by atoms with E-state index in [-0.39, 0.29) is 6.10 Å². The van der Waals surface area contributed by atoms with E-state index in [2.05, 4.69) is 15.5 Å². The highest BCUT2D eigenvalue weighted by atomic mass is 17.1. The molecule has 0 radical (unpaired) electrons. The van der Waals surface area contributed by atoms with E-state index in [1.165, 1.54) is 0 Å². The van der Waals surface area contributed by atoms with Crippen molar-refractivity contribution in [3.05, 3.63) is 0 Å². The Morgan fingerprint density at radius 2 is 2.20 bits per heavy atom. The van der Waals surface area contributed by atoms with E-state index in [1.807, 2.05) is 0 Å². The molecule has 15 heavy (non-hydrogen) atoms. The van der Waals surface area contributed by atoms with Gasteiger partial charge in [0.15, 0.2) is 0 Å². The molecule has 1 aliphatic rings. The van der Waals surface area contributed by atoms with Gasteiger partial charge in [0.2, 0.25) is 0 Å². The molecular formula is C10H22N2O3. The van der Waals surface area contributed by atoms with Crippen molar-refractivity contribution in [3.63, 3.8) is 0 Å². The summed E-state index contributed by atoms with van der Waals surface area (Å²) in [4.78, 5) is 3.98. The number of unbranched alkanes of at least 4 members (excludes halogenated alkanes) is 1. The first-order chi connectivity index (χ1) is 7.33. The molecule has 1 aliphatic heterocycles. The van der Waals surface area contributed by atoms with Gasteiger partial charge in [0, 0.05) is 12.6 Å². The minimum Gasteiger partial charge on any atom is -0.392 e. The number of rotatable bonds is 8. The predicted octanol–water partition coefficient (Wildman–Crippen LogP) is -0.0413. The lowest BCUT2D eigenvalue weighted by atomic mass is 10.1. The Morgan fingerprint density at radius 3 is 2.87 bits per heavy atom. The van der Waals surface area contributed by atoms with Gasteiger partial charge in [-0.1, -0.05) is 0 Å². The third-order valence-electron chi connectivity index (χ3n) is 2.71. The average molecular weight is 218 g/mol. The van der Waals surface area contributed by atoms with Crippen molar-refractivity contribution in [2.45, 2.75) is 37.8 Å². The largest absolute Gasteiger partial charge is 0.392 e. The van der Waals surface area contributed by atoms with Crippen LogP contribution in [0.1, 0.15) is 25.7 Å². The zero-order valence-corrected chi connectivity index (χ0v) is 9.11. The van der Waals surface area contributed by atoms with Crippen LogP contribution in [0.2, 0.25) is 0 Å². The van der Waals surface area contributed by atoms with Crippen LogP contribution in [-0.2, 0) is 4.89 Å². The number of hydrogen-bond acceptors (Lipinski definition) is 5. The van der Waals surface area contributed by atoms with E-state index >= 15 is 0 Å². The van der Waals surface area contributed by atoms with E-state index in [4.69, 9.17) is 5.26 Å². The zero-order valence-electron chi connectivity index (χ0n) is 9.11. The van der Waals surface area contributed by atoms with Crippen molar-refractivity contribution in [1.82, 2.24) is 10.6 Å². The monoisotopic (exact) mass is 218 g/mol. The number of aliphatic hydroxyl groups is 1. The van der Waals surface area contributed by atoms with E-state index in [0.29, 0.717) is 12.6 Å². The Kier molecular flexibility index (Phi) is 6.87. The summed E-state index contributed by atoms with van der Waals surface area (Å²) in [7, 11) is 0. The maximum atomic E-state index is 9.28. The van der Waals surface area contributed by atoms with E-state index < -0.39 is 0 Å². The molecule has 0 aliphatic carbocycles. The molecule has 0 amide bonds. The Hall–Kier alpha value is -0.200. The molecule has 2 unspecified atom stereocenters. The fourth-order valence-corrected chi connectivity index (χ4v) is 1.84. The van der Waals surface area contributed by atoms with Crippen molar-refractivity contribution in [2.24, 2.45) is 0 Å². The zero-order chi connectivity index (χ0) is 10.9. The summed E-state index contributed by atoms with van der Waals surface area (Å²) >= 11 is 0. The molecular weight excluding hydrogens is 196 g/mol. The molecule has 1 saturated heterocycles. The molecule has 5 nitrogen and oxygen atoms in total. The van der Waals surface area contributed by atoms with Crippen LogP contribution in [0, 0.1) is 0 Å². The average Bonchev–Trinajstić information content (AvgIpc) is 2.63. The minimum atomic E-state index is -0.156. The SMILES string of the molecule is OOCCCCNCCC1CC(O)CN1. The van der Waals surface area contributed by atoms with Crippen LogP contribution in [0.5, 0.6) is 0 Å². The first-order valence-corrected chi connectivity index (χ1v) is 5.71.